The van der Waals surface area contributed by atoms with Crippen molar-refractivity contribution in [3.8, 4) is 11.5 Å². The summed E-state index contributed by atoms with van der Waals surface area (Å²) < 4.78 is 0. The average Bonchev–Trinajstić information content (AvgIpc) is 2.56. The van der Waals surface area contributed by atoms with E-state index in [1.54, 1.807) is 12.1 Å². The fraction of sp³-hybridized carbons (Fsp3) is 0.429. The van der Waals surface area contributed by atoms with Crippen molar-refractivity contribution in [2.75, 3.05) is 0 Å². The van der Waals surface area contributed by atoms with E-state index in [0.29, 0.717) is 23.3 Å². The maximum atomic E-state index is 9.66. The van der Waals surface area contributed by atoms with Gasteiger partial charge in [-0.1, -0.05) is 51.0 Å². The molecule has 3 rings (SSSR count). The van der Waals surface area contributed by atoms with Crippen LogP contribution in [0.2, 0.25) is 0 Å². The molecule has 0 aliphatic heterocycles. The SMILES string of the molecule is CC(C)C1(c2ccc(O)cc2)CCCCC1c1ccc(O)cc1. The van der Waals surface area contributed by atoms with Gasteiger partial charge in [0.05, 0.1) is 0 Å². The van der Waals surface area contributed by atoms with Crippen LogP contribution in [0.5, 0.6) is 11.5 Å². The highest BCUT2D eigenvalue weighted by atomic mass is 16.3. The molecule has 1 saturated carbocycles. The van der Waals surface area contributed by atoms with Gasteiger partial charge in [0.1, 0.15) is 11.5 Å². The van der Waals surface area contributed by atoms with Crippen LogP contribution in [-0.4, -0.2) is 10.2 Å². The number of hydrogen-bond acceptors (Lipinski definition) is 2. The predicted octanol–water partition coefficient (Wildman–Crippen LogP) is 5.35. The van der Waals surface area contributed by atoms with Crippen molar-refractivity contribution >= 4 is 0 Å². The lowest BCUT2D eigenvalue weighted by Crippen LogP contribution is -2.41. The summed E-state index contributed by atoms with van der Waals surface area (Å²) in [6, 6.07) is 15.5. The van der Waals surface area contributed by atoms with Crippen molar-refractivity contribution in [2.24, 2.45) is 5.92 Å². The first-order chi connectivity index (χ1) is 11.0. The van der Waals surface area contributed by atoms with Gasteiger partial charge in [0.25, 0.3) is 0 Å². The van der Waals surface area contributed by atoms with Crippen molar-refractivity contribution in [2.45, 2.75) is 50.9 Å². The standard InChI is InChI=1S/C21H26O2/c1-15(2)21(17-8-12-19(23)13-9-17)14-4-3-5-20(21)16-6-10-18(22)11-7-16/h6-13,15,20,22-23H,3-5,14H2,1-2H3. The third-order valence-corrected chi connectivity index (χ3v) is 5.69. The number of phenols is 2. The molecule has 2 aromatic rings. The van der Waals surface area contributed by atoms with Crippen LogP contribution in [0, 0.1) is 5.92 Å². The largest absolute Gasteiger partial charge is 0.508 e. The molecule has 0 radical (unpaired) electrons. The van der Waals surface area contributed by atoms with Crippen LogP contribution in [0.1, 0.15) is 56.6 Å². The fourth-order valence-corrected chi connectivity index (χ4v) is 4.51. The van der Waals surface area contributed by atoms with Gasteiger partial charge in [-0.2, -0.15) is 0 Å². The third-order valence-electron chi connectivity index (χ3n) is 5.69. The first-order valence-corrected chi connectivity index (χ1v) is 8.62. The fourth-order valence-electron chi connectivity index (χ4n) is 4.51. The van der Waals surface area contributed by atoms with E-state index in [2.05, 4.69) is 38.1 Å². The van der Waals surface area contributed by atoms with E-state index >= 15 is 0 Å². The lowest BCUT2D eigenvalue weighted by molar-refractivity contribution is 0.179. The van der Waals surface area contributed by atoms with E-state index in [0.717, 1.165) is 0 Å². The van der Waals surface area contributed by atoms with E-state index in [4.69, 9.17) is 0 Å². The van der Waals surface area contributed by atoms with Crippen LogP contribution >= 0.6 is 0 Å². The summed E-state index contributed by atoms with van der Waals surface area (Å²) in [7, 11) is 0. The highest BCUT2D eigenvalue weighted by Gasteiger charge is 2.45. The predicted molar refractivity (Wildman–Crippen MR) is 93.9 cm³/mol. The molecule has 0 spiro atoms. The second kappa shape index (κ2) is 6.27. The number of hydrogen-bond donors (Lipinski definition) is 2. The Kier molecular flexibility index (Phi) is 4.34. The molecule has 1 aliphatic rings. The molecule has 122 valence electrons. The molecule has 1 fully saturated rings. The van der Waals surface area contributed by atoms with Gasteiger partial charge >= 0.3 is 0 Å². The minimum absolute atomic E-state index is 0.0862. The molecule has 0 heterocycles. The summed E-state index contributed by atoms with van der Waals surface area (Å²) in [6.07, 6.45) is 4.83. The van der Waals surface area contributed by atoms with E-state index < -0.39 is 0 Å². The zero-order chi connectivity index (χ0) is 16.4. The molecule has 0 amide bonds. The summed E-state index contributed by atoms with van der Waals surface area (Å²) in [4.78, 5) is 0. The molecule has 0 aromatic heterocycles. The Morgan fingerprint density at radius 3 is 2.00 bits per heavy atom. The lowest BCUT2D eigenvalue weighted by Gasteiger charge is -2.48. The summed E-state index contributed by atoms with van der Waals surface area (Å²) in [5, 5.41) is 19.3. The number of phenolic OH excluding ortho intramolecular Hbond substituents is 2. The molecule has 2 aromatic carbocycles. The van der Waals surface area contributed by atoms with Gasteiger partial charge in [0.2, 0.25) is 0 Å². The van der Waals surface area contributed by atoms with Crippen LogP contribution in [-0.2, 0) is 5.41 Å². The van der Waals surface area contributed by atoms with Gasteiger partial charge in [-0.25, -0.2) is 0 Å². The first kappa shape index (κ1) is 15.9. The van der Waals surface area contributed by atoms with Crippen LogP contribution in [0.3, 0.4) is 0 Å². The summed E-state index contributed by atoms with van der Waals surface area (Å²) in [5.74, 6) is 1.60. The monoisotopic (exact) mass is 310 g/mol. The van der Waals surface area contributed by atoms with Crippen LogP contribution in [0.4, 0.5) is 0 Å². The smallest absolute Gasteiger partial charge is 0.115 e. The first-order valence-electron chi connectivity index (χ1n) is 8.62. The molecular weight excluding hydrogens is 284 g/mol. The quantitative estimate of drug-likeness (QED) is 0.802. The molecule has 1 aliphatic carbocycles. The van der Waals surface area contributed by atoms with Gasteiger partial charge in [-0.05, 0) is 60.1 Å². The molecule has 2 atom stereocenters. The molecule has 2 heteroatoms. The van der Waals surface area contributed by atoms with Crippen molar-refractivity contribution in [1.82, 2.24) is 0 Å². The Bertz CT molecular complexity index is 643. The summed E-state index contributed by atoms with van der Waals surface area (Å²) in [6.45, 7) is 4.62. The zero-order valence-electron chi connectivity index (χ0n) is 14.0. The number of benzene rings is 2. The second-order valence-corrected chi connectivity index (χ2v) is 7.13. The molecule has 0 bridgehead atoms. The zero-order valence-corrected chi connectivity index (χ0v) is 14.0. The maximum Gasteiger partial charge on any atom is 0.115 e. The van der Waals surface area contributed by atoms with E-state index in [1.807, 2.05) is 12.1 Å². The second-order valence-electron chi connectivity index (χ2n) is 7.13. The Morgan fingerprint density at radius 2 is 1.43 bits per heavy atom. The van der Waals surface area contributed by atoms with Crippen molar-refractivity contribution in [3.05, 3.63) is 59.7 Å². The molecule has 23 heavy (non-hydrogen) atoms. The minimum atomic E-state index is 0.0862. The van der Waals surface area contributed by atoms with Crippen LogP contribution < -0.4 is 0 Å². The van der Waals surface area contributed by atoms with Crippen LogP contribution in [0.15, 0.2) is 48.5 Å². The Morgan fingerprint density at radius 1 is 0.870 bits per heavy atom. The highest BCUT2D eigenvalue weighted by Crippen LogP contribution is 2.53. The van der Waals surface area contributed by atoms with E-state index in [-0.39, 0.29) is 5.41 Å². The van der Waals surface area contributed by atoms with E-state index in [9.17, 15) is 10.2 Å². The van der Waals surface area contributed by atoms with Gasteiger partial charge in [-0.15, -0.1) is 0 Å². The number of rotatable bonds is 3. The van der Waals surface area contributed by atoms with Gasteiger partial charge < -0.3 is 10.2 Å². The van der Waals surface area contributed by atoms with Gasteiger partial charge in [0.15, 0.2) is 0 Å². The Labute approximate surface area is 138 Å². The normalized spacial score (nSPS) is 24.7. The highest BCUT2D eigenvalue weighted by molar-refractivity contribution is 5.39. The third kappa shape index (κ3) is 2.83. The van der Waals surface area contributed by atoms with E-state index in [1.165, 1.54) is 36.8 Å². The summed E-state index contributed by atoms with van der Waals surface area (Å²) in [5.41, 5.74) is 2.72. The molecular formula is C21H26O2. The molecule has 2 unspecified atom stereocenters. The van der Waals surface area contributed by atoms with Crippen molar-refractivity contribution < 1.29 is 10.2 Å². The van der Waals surface area contributed by atoms with Crippen molar-refractivity contribution in [3.63, 3.8) is 0 Å². The summed E-state index contributed by atoms with van der Waals surface area (Å²) >= 11 is 0. The van der Waals surface area contributed by atoms with Gasteiger partial charge in [-0.3, -0.25) is 0 Å². The molecule has 2 nitrogen and oxygen atoms in total. The minimum Gasteiger partial charge on any atom is -0.508 e. The van der Waals surface area contributed by atoms with Gasteiger partial charge in [0, 0.05) is 5.41 Å². The lowest BCUT2D eigenvalue weighted by atomic mass is 9.55. The Balaban J connectivity index is 2.10. The van der Waals surface area contributed by atoms with Crippen LogP contribution in [0.25, 0.3) is 0 Å². The molecule has 2 N–H and O–H groups in total. The Hall–Kier alpha value is -1.96. The molecule has 0 saturated heterocycles. The average molecular weight is 310 g/mol. The van der Waals surface area contributed by atoms with Crippen molar-refractivity contribution in [1.29, 1.82) is 0 Å². The maximum absolute atomic E-state index is 9.66. The topological polar surface area (TPSA) is 40.5 Å². The number of aromatic hydroxyl groups is 2.